The van der Waals surface area contributed by atoms with E-state index in [4.69, 9.17) is 9.47 Å². The average molecular weight is 454 g/mol. The van der Waals surface area contributed by atoms with E-state index in [0.29, 0.717) is 26.4 Å². The van der Waals surface area contributed by atoms with Crippen molar-refractivity contribution in [2.75, 3.05) is 13.2 Å². The van der Waals surface area contributed by atoms with E-state index in [1.165, 1.54) is 0 Å². The Kier molecular flexibility index (Phi) is 8.44. The average Bonchev–Trinajstić information content (AvgIpc) is 3.13. The van der Waals surface area contributed by atoms with Gasteiger partial charge in [0.1, 0.15) is 6.10 Å². The summed E-state index contributed by atoms with van der Waals surface area (Å²) in [5, 5.41) is 0. The van der Waals surface area contributed by atoms with E-state index < -0.39 is 6.10 Å². The molecule has 1 fully saturated rings. The molecule has 34 heavy (non-hydrogen) atoms. The van der Waals surface area contributed by atoms with Crippen LogP contribution in [0.1, 0.15) is 16.7 Å². The molecule has 1 saturated heterocycles. The number of likely N-dealkylation sites (tertiary alicyclic amines) is 1. The van der Waals surface area contributed by atoms with Crippen molar-refractivity contribution in [3.63, 3.8) is 0 Å². The van der Waals surface area contributed by atoms with Crippen LogP contribution in [0, 0.1) is 5.92 Å². The van der Waals surface area contributed by atoms with Gasteiger partial charge >= 0.3 is 0 Å². The fourth-order valence-electron chi connectivity index (χ4n) is 4.30. The van der Waals surface area contributed by atoms with Gasteiger partial charge in [0.05, 0.1) is 25.9 Å². The lowest BCUT2D eigenvalue weighted by Gasteiger charge is -2.25. The molecule has 0 aliphatic carbocycles. The molecule has 3 aromatic carbocycles. The molecule has 0 aromatic heterocycles. The Hall–Kier alpha value is -3.47. The lowest BCUT2D eigenvalue weighted by molar-refractivity contribution is -0.139. The lowest BCUT2D eigenvalue weighted by Crippen LogP contribution is -2.35. The number of hydrogen-bond acceptors (Lipinski definition) is 3. The third-order valence-electron chi connectivity index (χ3n) is 6.02. The minimum absolute atomic E-state index is 0.0214. The van der Waals surface area contributed by atoms with Crippen LogP contribution in [0.25, 0.3) is 6.08 Å². The normalized spacial score (nSPS) is 20.2. The summed E-state index contributed by atoms with van der Waals surface area (Å²) in [6.07, 6.45) is 5.35. The molecule has 1 aliphatic heterocycles. The van der Waals surface area contributed by atoms with Gasteiger partial charge in [-0.2, -0.15) is 0 Å². The molecule has 0 spiro atoms. The third kappa shape index (κ3) is 6.10. The van der Waals surface area contributed by atoms with Crippen LogP contribution < -0.4 is 0 Å². The highest BCUT2D eigenvalue weighted by Gasteiger charge is 2.47. The predicted molar refractivity (Wildman–Crippen MR) is 136 cm³/mol. The zero-order valence-corrected chi connectivity index (χ0v) is 19.3. The van der Waals surface area contributed by atoms with Gasteiger partial charge in [-0.15, -0.1) is 6.58 Å². The van der Waals surface area contributed by atoms with Crippen LogP contribution >= 0.6 is 0 Å². The van der Waals surface area contributed by atoms with Crippen LogP contribution in [-0.2, 0) is 27.5 Å². The quantitative estimate of drug-likeness (QED) is 0.359. The van der Waals surface area contributed by atoms with E-state index in [1.807, 2.05) is 83.8 Å². The number of ether oxygens (including phenoxy) is 2. The number of benzene rings is 3. The second-order valence-corrected chi connectivity index (χ2v) is 8.42. The highest BCUT2D eigenvalue weighted by Crippen LogP contribution is 2.31. The van der Waals surface area contributed by atoms with Gasteiger partial charge in [0, 0.05) is 12.5 Å². The van der Waals surface area contributed by atoms with Crippen LogP contribution in [0.3, 0.4) is 0 Å². The van der Waals surface area contributed by atoms with Crippen molar-refractivity contribution in [3.8, 4) is 0 Å². The highest BCUT2D eigenvalue weighted by molar-refractivity contribution is 5.85. The van der Waals surface area contributed by atoms with Gasteiger partial charge in [-0.25, -0.2) is 0 Å². The van der Waals surface area contributed by atoms with Crippen molar-refractivity contribution >= 4 is 12.0 Å². The molecule has 4 nitrogen and oxygen atoms in total. The highest BCUT2D eigenvalue weighted by atomic mass is 16.5. The molecule has 0 saturated carbocycles. The Bertz CT molecular complexity index is 1070. The second-order valence-electron chi connectivity index (χ2n) is 8.42. The van der Waals surface area contributed by atoms with Crippen LogP contribution in [0.4, 0.5) is 0 Å². The molecule has 4 rings (SSSR count). The van der Waals surface area contributed by atoms with Gasteiger partial charge < -0.3 is 14.4 Å². The Labute approximate surface area is 202 Å². The van der Waals surface area contributed by atoms with E-state index in [2.05, 4.69) is 30.9 Å². The third-order valence-corrected chi connectivity index (χ3v) is 6.02. The minimum Gasteiger partial charge on any atom is -0.376 e. The van der Waals surface area contributed by atoms with Gasteiger partial charge in [-0.3, -0.25) is 4.79 Å². The van der Waals surface area contributed by atoms with Crippen LogP contribution in [0.2, 0.25) is 0 Å². The largest absolute Gasteiger partial charge is 0.376 e. The second kappa shape index (κ2) is 12.1. The first-order chi connectivity index (χ1) is 16.8. The van der Waals surface area contributed by atoms with Crippen molar-refractivity contribution in [1.29, 1.82) is 0 Å². The SMILES string of the molecule is C=CCN1C(=O)[C@@H](OCc2ccccc2)[C@H](COCc2ccccc2)[C@H]1/C=C\c1ccccc1. The topological polar surface area (TPSA) is 38.8 Å². The molecular formula is C30H31NO3. The number of carbonyl (C=O) groups excluding carboxylic acids is 1. The molecule has 0 bridgehead atoms. The maximum absolute atomic E-state index is 13.4. The molecule has 1 amide bonds. The first kappa shape index (κ1) is 23.7. The number of amides is 1. The maximum Gasteiger partial charge on any atom is 0.252 e. The van der Waals surface area contributed by atoms with E-state index in [1.54, 1.807) is 6.08 Å². The summed E-state index contributed by atoms with van der Waals surface area (Å²) >= 11 is 0. The summed E-state index contributed by atoms with van der Waals surface area (Å²) < 4.78 is 12.4. The van der Waals surface area contributed by atoms with Crippen molar-refractivity contribution < 1.29 is 14.3 Å². The molecule has 1 aliphatic rings. The Balaban J connectivity index is 1.55. The zero-order chi connectivity index (χ0) is 23.6. The molecule has 3 aromatic rings. The molecule has 0 radical (unpaired) electrons. The summed E-state index contributed by atoms with van der Waals surface area (Å²) in [5.74, 6) is -0.160. The Morgan fingerprint density at radius 1 is 0.824 bits per heavy atom. The summed E-state index contributed by atoms with van der Waals surface area (Å²) in [7, 11) is 0. The van der Waals surface area contributed by atoms with Gasteiger partial charge in [0.25, 0.3) is 5.91 Å². The van der Waals surface area contributed by atoms with Gasteiger partial charge in [0.15, 0.2) is 0 Å². The lowest BCUT2D eigenvalue weighted by atomic mass is 9.97. The Morgan fingerprint density at radius 2 is 1.41 bits per heavy atom. The molecule has 174 valence electrons. The standard InChI is InChI=1S/C30H31NO3/c1-2-20-31-28(19-18-24-12-6-3-7-13-24)27(23-33-21-25-14-8-4-9-15-25)29(30(31)32)34-22-26-16-10-5-11-17-26/h2-19,27-29H,1,20-23H2/b19-18-/t27-,28-,29+/m1/s1. The molecule has 1 heterocycles. The van der Waals surface area contributed by atoms with E-state index in [9.17, 15) is 4.79 Å². The van der Waals surface area contributed by atoms with Crippen LogP contribution in [-0.4, -0.2) is 36.1 Å². The summed E-state index contributed by atoms with van der Waals surface area (Å²) in [4.78, 5) is 15.3. The van der Waals surface area contributed by atoms with E-state index >= 15 is 0 Å². The van der Waals surface area contributed by atoms with Crippen molar-refractivity contribution in [3.05, 3.63) is 126 Å². The molecule has 0 N–H and O–H groups in total. The van der Waals surface area contributed by atoms with Crippen molar-refractivity contribution in [1.82, 2.24) is 4.90 Å². The molecule has 0 unspecified atom stereocenters. The Morgan fingerprint density at radius 3 is 2.03 bits per heavy atom. The number of nitrogens with zero attached hydrogens (tertiary/aromatic N) is 1. The maximum atomic E-state index is 13.4. The zero-order valence-electron chi connectivity index (χ0n) is 19.3. The predicted octanol–water partition coefficient (Wildman–Crippen LogP) is 5.52. The number of carbonyl (C=O) groups is 1. The van der Waals surface area contributed by atoms with Crippen LogP contribution in [0.15, 0.2) is 110 Å². The number of hydrogen-bond donors (Lipinski definition) is 0. The van der Waals surface area contributed by atoms with Gasteiger partial charge in [-0.1, -0.05) is 109 Å². The smallest absolute Gasteiger partial charge is 0.252 e. The van der Waals surface area contributed by atoms with Crippen molar-refractivity contribution in [2.45, 2.75) is 25.4 Å². The van der Waals surface area contributed by atoms with E-state index in [0.717, 1.165) is 16.7 Å². The van der Waals surface area contributed by atoms with Crippen LogP contribution in [0.5, 0.6) is 0 Å². The first-order valence-electron chi connectivity index (χ1n) is 11.7. The molecule has 3 atom stereocenters. The minimum atomic E-state index is -0.582. The summed E-state index contributed by atoms with van der Waals surface area (Å²) in [6.45, 7) is 5.61. The molecular weight excluding hydrogens is 422 g/mol. The molecule has 4 heteroatoms. The van der Waals surface area contributed by atoms with E-state index in [-0.39, 0.29) is 17.9 Å². The van der Waals surface area contributed by atoms with Gasteiger partial charge in [0.2, 0.25) is 0 Å². The summed E-state index contributed by atoms with van der Waals surface area (Å²) in [6, 6.07) is 30.0. The van der Waals surface area contributed by atoms with Gasteiger partial charge in [-0.05, 0) is 16.7 Å². The fraction of sp³-hybridized carbons (Fsp3) is 0.233. The monoisotopic (exact) mass is 453 g/mol. The summed E-state index contributed by atoms with van der Waals surface area (Å²) in [5.41, 5.74) is 3.23. The number of rotatable bonds is 11. The fourth-order valence-corrected chi connectivity index (χ4v) is 4.30. The van der Waals surface area contributed by atoms with Crippen molar-refractivity contribution in [2.24, 2.45) is 5.92 Å². The first-order valence-corrected chi connectivity index (χ1v) is 11.7.